The van der Waals surface area contributed by atoms with Crippen LogP contribution in [0.2, 0.25) is 0 Å². The van der Waals surface area contributed by atoms with E-state index in [2.05, 4.69) is 15.9 Å². The summed E-state index contributed by atoms with van der Waals surface area (Å²) in [7, 11) is 1.27. The van der Waals surface area contributed by atoms with Gasteiger partial charge >= 0.3 is 5.97 Å². The van der Waals surface area contributed by atoms with E-state index in [4.69, 9.17) is 9.47 Å². The molecule has 0 bridgehead atoms. The first-order valence-corrected chi connectivity index (χ1v) is 7.05. The minimum atomic E-state index is -0.578. The highest BCUT2D eigenvalue weighted by atomic mass is 79.9. The number of methoxy groups -OCH3 is 1. The second-order valence-electron chi connectivity index (χ2n) is 4.69. The summed E-state index contributed by atoms with van der Waals surface area (Å²) in [6, 6.07) is 1.16. The molecule has 1 aliphatic rings. The molecule has 0 N–H and O–H groups in total. The lowest BCUT2D eigenvalue weighted by Crippen LogP contribution is -2.32. The monoisotopic (exact) mass is 330 g/mol. The highest BCUT2D eigenvalue weighted by Gasteiger charge is 2.40. The predicted molar refractivity (Wildman–Crippen MR) is 73.1 cm³/mol. The fraction of sp³-hybridized carbons (Fsp3) is 0.500. The second-order valence-corrected chi connectivity index (χ2v) is 5.48. The van der Waals surface area contributed by atoms with Crippen molar-refractivity contribution < 1.29 is 18.7 Å². The van der Waals surface area contributed by atoms with Crippen LogP contribution in [-0.4, -0.2) is 18.7 Å². The zero-order chi connectivity index (χ0) is 14.2. The third-order valence-electron chi connectivity index (χ3n) is 3.78. The molecular weight excluding hydrogens is 315 g/mol. The van der Waals surface area contributed by atoms with E-state index in [0.29, 0.717) is 22.2 Å². The van der Waals surface area contributed by atoms with Crippen LogP contribution in [0.4, 0.5) is 4.39 Å². The molecular formula is C14H16BrFO3. The second kappa shape index (κ2) is 5.12. The highest BCUT2D eigenvalue weighted by Crippen LogP contribution is 2.45. The van der Waals surface area contributed by atoms with E-state index in [1.165, 1.54) is 7.11 Å². The Morgan fingerprint density at radius 3 is 2.68 bits per heavy atom. The van der Waals surface area contributed by atoms with Crippen LogP contribution in [0.3, 0.4) is 0 Å². The standard InChI is InChI=1S/C14H16BrFO3/c1-4-14(5-2)7-9-11(15)10(16)6-8(12(9)19-14)13(17)18-3/h6H,4-5,7H2,1-3H3. The number of halogens is 2. The van der Waals surface area contributed by atoms with Crippen LogP contribution in [0.25, 0.3) is 0 Å². The first-order valence-electron chi connectivity index (χ1n) is 6.26. The van der Waals surface area contributed by atoms with Crippen molar-refractivity contribution in [3.63, 3.8) is 0 Å². The van der Waals surface area contributed by atoms with Gasteiger partial charge in [-0.05, 0) is 34.8 Å². The quantitative estimate of drug-likeness (QED) is 0.789. The number of rotatable bonds is 3. The van der Waals surface area contributed by atoms with Gasteiger partial charge in [-0.2, -0.15) is 0 Å². The van der Waals surface area contributed by atoms with Crippen molar-refractivity contribution in [2.24, 2.45) is 0 Å². The number of carbonyl (C=O) groups is 1. The van der Waals surface area contributed by atoms with Crippen LogP contribution in [0.15, 0.2) is 10.5 Å². The van der Waals surface area contributed by atoms with Gasteiger partial charge in [0.15, 0.2) is 0 Å². The molecule has 0 saturated carbocycles. The molecule has 0 radical (unpaired) electrons. The molecule has 2 rings (SSSR count). The largest absolute Gasteiger partial charge is 0.486 e. The average molecular weight is 331 g/mol. The van der Waals surface area contributed by atoms with Crippen molar-refractivity contribution in [2.45, 2.75) is 38.7 Å². The number of carbonyl (C=O) groups excluding carboxylic acids is 1. The highest BCUT2D eigenvalue weighted by molar-refractivity contribution is 9.10. The maximum atomic E-state index is 13.9. The number of ether oxygens (including phenoxy) is 2. The van der Waals surface area contributed by atoms with Gasteiger partial charge in [0, 0.05) is 12.0 Å². The zero-order valence-corrected chi connectivity index (χ0v) is 12.8. The van der Waals surface area contributed by atoms with E-state index in [1.807, 2.05) is 13.8 Å². The number of fused-ring (bicyclic) bond motifs is 1. The molecule has 1 aliphatic heterocycles. The predicted octanol–water partition coefficient (Wildman–Crippen LogP) is 3.87. The van der Waals surface area contributed by atoms with Crippen molar-refractivity contribution in [2.75, 3.05) is 7.11 Å². The number of esters is 1. The maximum absolute atomic E-state index is 13.9. The van der Waals surface area contributed by atoms with Gasteiger partial charge in [0.2, 0.25) is 0 Å². The Bertz CT molecular complexity index is 524. The van der Waals surface area contributed by atoms with E-state index in [0.717, 1.165) is 18.9 Å². The molecule has 0 aliphatic carbocycles. The van der Waals surface area contributed by atoms with Crippen LogP contribution < -0.4 is 4.74 Å². The van der Waals surface area contributed by atoms with Gasteiger partial charge in [-0.15, -0.1) is 0 Å². The van der Waals surface area contributed by atoms with Crippen LogP contribution in [0.5, 0.6) is 5.75 Å². The van der Waals surface area contributed by atoms with Gasteiger partial charge in [0.1, 0.15) is 22.7 Å². The maximum Gasteiger partial charge on any atom is 0.341 e. The van der Waals surface area contributed by atoms with Crippen LogP contribution in [0, 0.1) is 5.82 Å². The van der Waals surface area contributed by atoms with E-state index >= 15 is 0 Å². The molecule has 0 saturated heterocycles. The third kappa shape index (κ3) is 2.24. The number of hydrogen-bond donors (Lipinski definition) is 0. The van der Waals surface area contributed by atoms with E-state index in [9.17, 15) is 9.18 Å². The summed E-state index contributed by atoms with van der Waals surface area (Å²) >= 11 is 3.24. The summed E-state index contributed by atoms with van der Waals surface area (Å²) < 4.78 is 24.9. The van der Waals surface area contributed by atoms with Crippen molar-refractivity contribution in [3.8, 4) is 5.75 Å². The minimum absolute atomic E-state index is 0.155. The van der Waals surface area contributed by atoms with Gasteiger partial charge in [-0.3, -0.25) is 0 Å². The van der Waals surface area contributed by atoms with Crippen molar-refractivity contribution >= 4 is 21.9 Å². The SMILES string of the molecule is CCC1(CC)Cc2c(Br)c(F)cc(C(=O)OC)c2O1. The molecule has 104 valence electrons. The van der Waals surface area contributed by atoms with Gasteiger partial charge in [-0.25, -0.2) is 9.18 Å². The summed E-state index contributed by atoms with van der Waals surface area (Å²) in [6.45, 7) is 4.05. The van der Waals surface area contributed by atoms with E-state index in [-0.39, 0.29) is 11.2 Å². The first-order chi connectivity index (χ1) is 8.98. The van der Waals surface area contributed by atoms with Crippen molar-refractivity contribution in [1.82, 2.24) is 0 Å². The van der Waals surface area contributed by atoms with Crippen molar-refractivity contribution in [1.29, 1.82) is 0 Å². The normalized spacial score (nSPS) is 15.8. The molecule has 0 unspecified atom stereocenters. The first kappa shape index (κ1) is 14.3. The van der Waals surface area contributed by atoms with Gasteiger partial charge in [0.05, 0.1) is 11.6 Å². The fourth-order valence-electron chi connectivity index (χ4n) is 2.42. The van der Waals surface area contributed by atoms with Crippen molar-refractivity contribution in [3.05, 3.63) is 27.5 Å². The van der Waals surface area contributed by atoms with E-state index in [1.54, 1.807) is 0 Å². The Balaban J connectivity index is 2.58. The Morgan fingerprint density at radius 1 is 1.53 bits per heavy atom. The molecule has 1 heterocycles. The van der Waals surface area contributed by atoms with Gasteiger partial charge in [0.25, 0.3) is 0 Å². The minimum Gasteiger partial charge on any atom is -0.486 e. The lowest BCUT2D eigenvalue weighted by molar-refractivity contribution is 0.0573. The molecule has 19 heavy (non-hydrogen) atoms. The smallest absolute Gasteiger partial charge is 0.341 e. The number of hydrogen-bond acceptors (Lipinski definition) is 3. The Morgan fingerprint density at radius 2 is 2.16 bits per heavy atom. The molecule has 5 heteroatoms. The molecule has 0 amide bonds. The Hall–Kier alpha value is -1.10. The lowest BCUT2D eigenvalue weighted by Gasteiger charge is -2.26. The molecule has 1 aromatic carbocycles. The Kier molecular flexibility index (Phi) is 3.85. The zero-order valence-electron chi connectivity index (χ0n) is 11.2. The Labute approximate surface area is 120 Å². The summed E-state index contributed by atoms with van der Waals surface area (Å²) in [5.41, 5.74) is 0.507. The number of benzene rings is 1. The van der Waals surface area contributed by atoms with Gasteiger partial charge < -0.3 is 9.47 Å². The molecule has 0 spiro atoms. The van der Waals surface area contributed by atoms with Crippen LogP contribution in [0.1, 0.15) is 42.6 Å². The topological polar surface area (TPSA) is 35.5 Å². The molecule has 1 aromatic rings. The lowest BCUT2D eigenvalue weighted by atomic mass is 9.91. The average Bonchev–Trinajstić information content (AvgIpc) is 2.83. The summed E-state index contributed by atoms with van der Waals surface area (Å²) in [6.07, 6.45) is 2.19. The van der Waals surface area contributed by atoms with Crippen LogP contribution >= 0.6 is 15.9 Å². The molecule has 3 nitrogen and oxygen atoms in total. The third-order valence-corrected chi connectivity index (χ3v) is 4.63. The molecule has 0 atom stereocenters. The molecule has 0 aromatic heterocycles. The summed E-state index contributed by atoms with van der Waals surface area (Å²) in [5, 5.41) is 0. The summed E-state index contributed by atoms with van der Waals surface area (Å²) in [4.78, 5) is 11.7. The molecule has 0 fully saturated rings. The van der Waals surface area contributed by atoms with Crippen LogP contribution in [-0.2, 0) is 11.2 Å². The van der Waals surface area contributed by atoms with Gasteiger partial charge in [-0.1, -0.05) is 13.8 Å². The summed E-state index contributed by atoms with van der Waals surface area (Å²) in [5.74, 6) is -0.597. The fourth-order valence-corrected chi connectivity index (χ4v) is 2.85. The van der Waals surface area contributed by atoms with E-state index < -0.39 is 11.8 Å².